The molecule has 0 aliphatic carbocycles. The Morgan fingerprint density at radius 3 is 2.28 bits per heavy atom. The van der Waals surface area contributed by atoms with Gasteiger partial charge in [0, 0.05) is 11.3 Å². The highest BCUT2D eigenvalue weighted by Crippen LogP contribution is 2.41. The number of benzene rings is 2. The van der Waals surface area contributed by atoms with Gasteiger partial charge in [-0.05, 0) is 30.3 Å². The number of anilines is 1. The lowest BCUT2D eigenvalue weighted by Gasteiger charge is -2.16. The highest BCUT2D eigenvalue weighted by Gasteiger charge is 2.41. The summed E-state index contributed by atoms with van der Waals surface area (Å²) in [4.78, 5) is 27.0. The molecule has 1 aliphatic rings. The number of para-hydroxylation sites is 1. The first-order chi connectivity index (χ1) is 13.8. The molecule has 2 amide bonds. The van der Waals surface area contributed by atoms with Gasteiger partial charge < -0.3 is 9.84 Å². The zero-order valence-electron chi connectivity index (χ0n) is 15.2. The first-order valence-electron chi connectivity index (χ1n) is 8.47. The third-order valence-electron chi connectivity index (χ3n) is 4.21. The van der Waals surface area contributed by atoms with Gasteiger partial charge in [0.2, 0.25) is 0 Å². The first-order valence-corrected chi connectivity index (χ1v) is 9.45. The van der Waals surface area contributed by atoms with Crippen LogP contribution in [-0.4, -0.2) is 36.4 Å². The fourth-order valence-electron chi connectivity index (χ4n) is 2.91. The molecule has 0 aromatic heterocycles. The summed E-state index contributed by atoms with van der Waals surface area (Å²) in [6.07, 6.45) is -4.53. The van der Waals surface area contributed by atoms with E-state index in [-0.39, 0.29) is 28.5 Å². The average molecular weight is 423 g/mol. The lowest BCUT2D eigenvalue weighted by Crippen LogP contribution is -2.31. The third kappa shape index (κ3) is 4.01. The molecule has 0 bridgehead atoms. The number of ether oxygens (including phenoxy) is 1. The fourth-order valence-corrected chi connectivity index (χ4v) is 3.77. The van der Waals surface area contributed by atoms with Crippen LogP contribution in [0.15, 0.2) is 53.4 Å². The SMILES string of the molecule is COc1ccccc1C1=C(SCCO)C(=O)N(c2ccc(C(F)(F)F)cc2)C1=O. The monoisotopic (exact) mass is 423 g/mol. The average Bonchev–Trinajstić information content (AvgIpc) is 2.95. The second-order valence-electron chi connectivity index (χ2n) is 5.97. The van der Waals surface area contributed by atoms with E-state index < -0.39 is 23.6 Å². The quantitative estimate of drug-likeness (QED) is 0.718. The van der Waals surface area contributed by atoms with Crippen molar-refractivity contribution in [3.8, 4) is 5.75 Å². The van der Waals surface area contributed by atoms with Gasteiger partial charge in [0.05, 0.1) is 35.4 Å². The topological polar surface area (TPSA) is 66.8 Å². The predicted molar refractivity (Wildman–Crippen MR) is 103 cm³/mol. The Morgan fingerprint density at radius 2 is 1.69 bits per heavy atom. The number of aliphatic hydroxyl groups is 1. The largest absolute Gasteiger partial charge is 0.496 e. The van der Waals surface area contributed by atoms with Crippen LogP contribution in [0.5, 0.6) is 5.75 Å². The second-order valence-corrected chi connectivity index (χ2v) is 7.07. The van der Waals surface area contributed by atoms with Crippen molar-refractivity contribution in [3.05, 3.63) is 64.6 Å². The van der Waals surface area contributed by atoms with Gasteiger partial charge in [0.1, 0.15) is 5.75 Å². The molecule has 5 nitrogen and oxygen atoms in total. The highest BCUT2D eigenvalue weighted by atomic mass is 32.2. The molecule has 1 N–H and O–H groups in total. The number of rotatable bonds is 6. The number of amides is 2. The van der Waals surface area contributed by atoms with Crippen LogP contribution in [0.2, 0.25) is 0 Å². The summed E-state index contributed by atoms with van der Waals surface area (Å²) in [6.45, 7) is -0.213. The van der Waals surface area contributed by atoms with Crippen molar-refractivity contribution in [2.75, 3.05) is 24.4 Å². The van der Waals surface area contributed by atoms with Crippen LogP contribution < -0.4 is 9.64 Å². The summed E-state index contributed by atoms with van der Waals surface area (Å²) in [5.74, 6) is -0.776. The predicted octanol–water partition coefficient (Wildman–Crippen LogP) is 3.72. The van der Waals surface area contributed by atoms with E-state index in [2.05, 4.69) is 0 Å². The summed E-state index contributed by atoms with van der Waals surface area (Å²) in [5, 5.41) is 9.14. The Labute approximate surface area is 168 Å². The van der Waals surface area contributed by atoms with Crippen molar-refractivity contribution in [2.45, 2.75) is 6.18 Å². The second kappa shape index (κ2) is 8.30. The summed E-state index contributed by atoms with van der Waals surface area (Å²) >= 11 is 1.01. The Bertz CT molecular complexity index is 970. The Kier molecular flexibility index (Phi) is 5.99. The van der Waals surface area contributed by atoms with Gasteiger partial charge in [0.15, 0.2) is 0 Å². The van der Waals surface area contributed by atoms with Crippen LogP contribution in [0.4, 0.5) is 18.9 Å². The summed E-state index contributed by atoms with van der Waals surface area (Å²) in [7, 11) is 1.43. The van der Waals surface area contributed by atoms with E-state index in [9.17, 15) is 22.8 Å². The molecule has 1 heterocycles. The molecular weight excluding hydrogens is 407 g/mol. The maximum Gasteiger partial charge on any atom is 0.416 e. The van der Waals surface area contributed by atoms with Crippen LogP contribution in [-0.2, 0) is 15.8 Å². The number of alkyl halides is 3. The van der Waals surface area contributed by atoms with E-state index in [1.807, 2.05) is 0 Å². The molecular formula is C20H16F3NO4S. The smallest absolute Gasteiger partial charge is 0.416 e. The Hall–Kier alpha value is -2.78. The Balaban J connectivity index is 2.06. The number of thioether (sulfide) groups is 1. The molecule has 3 rings (SSSR count). The number of methoxy groups -OCH3 is 1. The van der Waals surface area contributed by atoms with Crippen molar-refractivity contribution < 1.29 is 32.6 Å². The highest BCUT2D eigenvalue weighted by molar-refractivity contribution is 8.04. The standard InChI is InChI=1S/C20H16F3NO4S/c1-28-15-5-3-2-4-14(15)16-17(29-11-10-25)19(27)24(18(16)26)13-8-6-12(7-9-13)20(21,22)23/h2-9,25H,10-11H2,1H3. The van der Waals surface area contributed by atoms with Crippen LogP contribution in [0, 0.1) is 0 Å². The molecule has 0 saturated carbocycles. The molecule has 29 heavy (non-hydrogen) atoms. The summed E-state index contributed by atoms with van der Waals surface area (Å²) in [5.41, 5.74) is -0.373. The maximum atomic E-state index is 13.1. The van der Waals surface area contributed by atoms with Crippen LogP contribution in [0.25, 0.3) is 5.57 Å². The van der Waals surface area contributed by atoms with Crippen LogP contribution in [0.3, 0.4) is 0 Å². The molecule has 0 spiro atoms. The van der Waals surface area contributed by atoms with E-state index >= 15 is 0 Å². The van der Waals surface area contributed by atoms with Gasteiger partial charge in [0.25, 0.3) is 11.8 Å². The minimum Gasteiger partial charge on any atom is -0.496 e. The Morgan fingerprint density at radius 1 is 1.03 bits per heavy atom. The summed E-state index contributed by atoms with van der Waals surface area (Å²) in [6, 6.07) is 10.4. The number of hydrogen-bond acceptors (Lipinski definition) is 5. The number of imide groups is 1. The molecule has 2 aromatic carbocycles. The minimum atomic E-state index is -4.53. The molecule has 0 unspecified atom stereocenters. The lowest BCUT2D eigenvalue weighted by molar-refractivity contribution is -0.137. The molecule has 1 aliphatic heterocycles. The van der Waals surface area contributed by atoms with Gasteiger partial charge in [-0.15, -0.1) is 11.8 Å². The van der Waals surface area contributed by atoms with E-state index in [0.717, 1.165) is 40.9 Å². The van der Waals surface area contributed by atoms with E-state index in [4.69, 9.17) is 9.84 Å². The zero-order valence-corrected chi connectivity index (χ0v) is 16.0. The van der Waals surface area contributed by atoms with Crippen molar-refractivity contribution in [1.82, 2.24) is 0 Å². The number of halogens is 3. The first kappa shape index (κ1) is 20.9. The molecule has 9 heteroatoms. The van der Waals surface area contributed by atoms with Gasteiger partial charge in [-0.25, -0.2) is 4.90 Å². The van der Waals surface area contributed by atoms with Crippen LogP contribution in [0.1, 0.15) is 11.1 Å². The fraction of sp³-hybridized carbons (Fsp3) is 0.200. The van der Waals surface area contributed by atoms with Crippen molar-refractivity contribution in [2.24, 2.45) is 0 Å². The summed E-state index contributed by atoms with van der Waals surface area (Å²) < 4.78 is 43.8. The number of carbonyl (C=O) groups is 2. The van der Waals surface area contributed by atoms with E-state index in [0.29, 0.717) is 11.3 Å². The van der Waals surface area contributed by atoms with Crippen LogP contribution >= 0.6 is 11.8 Å². The number of nitrogens with zero attached hydrogens (tertiary/aromatic N) is 1. The minimum absolute atomic E-state index is 0.0278. The van der Waals surface area contributed by atoms with Gasteiger partial charge in [-0.1, -0.05) is 18.2 Å². The van der Waals surface area contributed by atoms with Gasteiger partial charge in [-0.2, -0.15) is 13.2 Å². The molecule has 2 aromatic rings. The normalized spacial score (nSPS) is 14.7. The number of hydrogen-bond donors (Lipinski definition) is 1. The zero-order chi connectivity index (χ0) is 21.2. The van der Waals surface area contributed by atoms with Gasteiger partial charge in [-0.3, -0.25) is 9.59 Å². The number of aliphatic hydroxyl groups excluding tert-OH is 1. The van der Waals surface area contributed by atoms with Crippen molar-refractivity contribution in [3.63, 3.8) is 0 Å². The lowest BCUT2D eigenvalue weighted by atomic mass is 10.0. The molecule has 0 fully saturated rings. The molecule has 0 atom stereocenters. The van der Waals surface area contributed by atoms with Gasteiger partial charge >= 0.3 is 6.18 Å². The third-order valence-corrected chi connectivity index (χ3v) is 5.26. The number of carbonyl (C=O) groups excluding carboxylic acids is 2. The van der Waals surface area contributed by atoms with E-state index in [1.165, 1.54) is 7.11 Å². The van der Waals surface area contributed by atoms with Crippen molar-refractivity contribution in [1.29, 1.82) is 0 Å². The van der Waals surface area contributed by atoms with E-state index in [1.54, 1.807) is 24.3 Å². The molecule has 0 radical (unpaired) electrons. The van der Waals surface area contributed by atoms with Crippen molar-refractivity contribution >= 4 is 34.8 Å². The molecule has 0 saturated heterocycles. The molecule has 152 valence electrons. The maximum absolute atomic E-state index is 13.1.